The number of allylic oxidation sites excluding steroid dienone is 2. The lowest BCUT2D eigenvalue weighted by atomic mass is 9.75. The van der Waals surface area contributed by atoms with Gasteiger partial charge in [0.1, 0.15) is 12.3 Å². The molecule has 85 heavy (non-hydrogen) atoms. The zero-order valence-electron chi connectivity index (χ0n) is 48.5. The molecule has 4 heterocycles. The number of likely N-dealkylation sites (N-methyl/N-ethyl adjacent to an activating group) is 1. The predicted octanol–water partition coefficient (Wildman–Crippen LogP) is 6.15. The highest BCUT2D eigenvalue weighted by Crippen LogP contribution is 2.37. The molecule has 4 aromatic rings. The van der Waals surface area contributed by atoms with Gasteiger partial charge in [-0.25, -0.2) is 4.79 Å². The lowest BCUT2D eigenvalue weighted by Crippen LogP contribution is -2.36. The number of aliphatic hydroxyl groups is 1. The van der Waals surface area contributed by atoms with Crippen molar-refractivity contribution in [1.82, 2.24) is 41.5 Å². The van der Waals surface area contributed by atoms with Crippen LogP contribution in [0.3, 0.4) is 0 Å². The number of nitrogens with zero attached hydrogens (tertiary/aromatic N) is 7. The van der Waals surface area contributed by atoms with Gasteiger partial charge >= 0.3 is 6.03 Å². The molecule has 6 amide bonds. The first-order chi connectivity index (χ1) is 41.1. The van der Waals surface area contributed by atoms with E-state index in [-0.39, 0.29) is 103 Å². The van der Waals surface area contributed by atoms with Crippen LogP contribution in [0.2, 0.25) is 5.02 Å². The Hall–Kier alpha value is -7.09. The SMILES string of the molecule is CN1C(=O)CN=C(c2cccc(CCCNC(=O)c3nnn(-c4ccc(NC(=O)CCCN=C(CCOCCOCCOCCOCCNC(=O)CCCC[C@@H]5SC[C@@H]6NC(=O)N[C@@H]65)C5=C(O)CC(C)(C)CC5=O)cc4)n3)c2)c2cc(Cl)ccc21. The van der Waals surface area contributed by atoms with Gasteiger partial charge in [0.25, 0.3) is 11.7 Å². The van der Waals surface area contributed by atoms with Crippen molar-refractivity contribution in [2.24, 2.45) is 15.4 Å². The highest BCUT2D eigenvalue weighted by atomic mass is 35.5. The van der Waals surface area contributed by atoms with E-state index in [0.717, 1.165) is 47.4 Å². The molecule has 2 saturated heterocycles. The standard InChI is InChI=1S/C60H77ClN12O11S/c1-60(2)35-48(74)54(49(75)36-60)45(21-25-81-27-29-83-31-32-84-30-28-82-26-24-63-51(76)13-5-4-12-50-56-46(38-85-50)67-59(80)68-56)62-22-8-14-52(77)66-42-16-18-43(19-17-42)73-70-57(69-71-73)58(79)64-23-7-10-39-9-6-11-40(33-39)55-44-34-41(61)15-20-47(44)72(3)53(78)37-65-55/h6,9,11,15-20,33-34,46,50,56,74H,4-5,7-8,10,12-14,21-32,35-38H2,1-3H3,(H,63,76)(H,64,79)(H,66,77)(H2,67,68,80)/t46-,50-,56-/m0/s1. The van der Waals surface area contributed by atoms with Crippen LogP contribution >= 0.6 is 23.4 Å². The number of ether oxygens (including phenoxy) is 4. The maximum absolute atomic E-state index is 13.3. The number of tetrazole rings is 1. The van der Waals surface area contributed by atoms with Gasteiger partial charge in [-0.2, -0.15) is 11.8 Å². The van der Waals surface area contributed by atoms with Gasteiger partial charge < -0.3 is 55.5 Å². The molecular formula is C60H77ClN12O11S. The van der Waals surface area contributed by atoms with Gasteiger partial charge in [-0.05, 0) is 96.8 Å². The molecule has 1 aliphatic carbocycles. The average Bonchev–Trinajstić information content (AvgIpc) is 4.34. The number of aryl methyl sites for hydroxylation is 1. The molecule has 456 valence electrons. The molecular weight excluding hydrogens is 1130 g/mol. The van der Waals surface area contributed by atoms with Crippen LogP contribution in [0.5, 0.6) is 0 Å². The number of thioether (sulfide) groups is 1. The van der Waals surface area contributed by atoms with Gasteiger partial charge in [-0.1, -0.05) is 50.1 Å². The van der Waals surface area contributed by atoms with Crippen LogP contribution in [0.15, 0.2) is 88.0 Å². The number of hydrogen-bond donors (Lipinski definition) is 6. The lowest BCUT2D eigenvalue weighted by molar-refractivity contribution is -0.121. The van der Waals surface area contributed by atoms with E-state index in [1.54, 1.807) is 42.3 Å². The Kier molecular flexibility index (Phi) is 24.0. The van der Waals surface area contributed by atoms with Crippen LogP contribution in [0, 0.1) is 5.41 Å². The van der Waals surface area contributed by atoms with Gasteiger partial charge in [-0.15, -0.1) is 15.0 Å². The summed E-state index contributed by atoms with van der Waals surface area (Å²) in [6.45, 7) is 7.72. The number of Topliss-reactive ketones (excluding diaryl/α,β-unsaturated/α-hetero) is 1. The van der Waals surface area contributed by atoms with E-state index in [9.17, 15) is 33.9 Å². The number of aromatic nitrogens is 4. The first-order valence-electron chi connectivity index (χ1n) is 29.0. The molecule has 6 N–H and O–H groups in total. The largest absolute Gasteiger partial charge is 0.511 e. The van der Waals surface area contributed by atoms with E-state index >= 15 is 0 Å². The molecule has 23 nitrogen and oxygen atoms in total. The lowest BCUT2D eigenvalue weighted by Gasteiger charge is -2.30. The smallest absolute Gasteiger partial charge is 0.315 e. The van der Waals surface area contributed by atoms with Crippen molar-refractivity contribution in [1.29, 1.82) is 0 Å². The molecule has 1 aromatic heterocycles. The quantitative estimate of drug-likeness (QED) is 0.0177. The summed E-state index contributed by atoms with van der Waals surface area (Å²) >= 11 is 8.24. The molecule has 8 rings (SSSR count). The summed E-state index contributed by atoms with van der Waals surface area (Å²) in [4.78, 5) is 87.9. The number of unbranched alkanes of at least 4 members (excludes halogenated alkanes) is 1. The Morgan fingerprint density at radius 2 is 1.56 bits per heavy atom. The van der Waals surface area contributed by atoms with Gasteiger partial charge in [0.15, 0.2) is 5.78 Å². The summed E-state index contributed by atoms with van der Waals surface area (Å²) in [6, 6.07) is 20.4. The van der Waals surface area contributed by atoms with Crippen molar-refractivity contribution in [3.8, 4) is 5.69 Å². The summed E-state index contributed by atoms with van der Waals surface area (Å²) in [5, 5.41) is 38.8. The summed E-state index contributed by atoms with van der Waals surface area (Å²) in [5.74, 6) is -0.145. The monoisotopic (exact) mass is 1210 g/mol. The molecule has 0 bridgehead atoms. The molecule has 0 unspecified atom stereocenters. The third kappa shape index (κ3) is 19.2. The molecule has 3 atom stereocenters. The molecule has 2 fully saturated rings. The number of ketones is 1. The van der Waals surface area contributed by atoms with Crippen molar-refractivity contribution in [2.75, 3.05) is 102 Å². The highest BCUT2D eigenvalue weighted by molar-refractivity contribution is 8.00. The van der Waals surface area contributed by atoms with E-state index in [0.29, 0.717) is 125 Å². The number of fused-ring (bicyclic) bond motifs is 2. The third-order valence-electron chi connectivity index (χ3n) is 14.7. The summed E-state index contributed by atoms with van der Waals surface area (Å²) < 4.78 is 22.6. The van der Waals surface area contributed by atoms with E-state index in [1.807, 2.05) is 62.0 Å². The first kappa shape index (κ1) is 63.9. The number of amides is 6. The maximum Gasteiger partial charge on any atom is 0.315 e. The predicted molar refractivity (Wildman–Crippen MR) is 324 cm³/mol. The number of carbonyl (C=O) groups is 6. The maximum atomic E-state index is 13.3. The zero-order valence-corrected chi connectivity index (χ0v) is 50.1. The fourth-order valence-electron chi connectivity index (χ4n) is 10.4. The van der Waals surface area contributed by atoms with Crippen LogP contribution in [0.4, 0.5) is 16.2 Å². The average molecular weight is 1210 g/mol. The van der Waals surface area contributed by atoms with Crippen molar-refractivity contribution in [3.63, 3.8) is 0 Å². The number of anilines is 2. The number of urea groups is 1. The zero-order chi connectivity index (χ0) is 60.1. The minimum absolute atomic E-state index is 0.00603. The fourth-order valence-corrected chi connectivity index (χ4v) is 12.1. The van der Waals surface area contributed by atoms with E-state index in [4.69, 9.17) is 35.5 Å². The molecule has 25 heteroatoms. The number of benzodiazepines with no additional fused rings is 1. The molecule has 0 spiro atoms. The molecule has 4 aliphatic rings. The number of hydrogen-bond acceptors (Lipinski definition) is 17. The Labute approximate surface area is 504 Å². The van der Waals surface area contributed by atoms with E-state index in [2.05, 4.69) is 47.0 Å². The van der Waals surface area contributed by atoms with Gasteiger partial charge in [0.05, 0.1) is 93.3 Å². The minimum atomic E-state index is -0.472. The van der Waals surface area contributed by atoms with Crippen molar-refractivity contribution >= 4 is 81.6 Å². The second-order valence-corrected chi connectivity index (χ2v) is 23.7. The number of rotatable bonds is 33. The van der Waals surface area contributed by atoms with Crippen molar-refractivity contribution < 1.29 is 52.8 Å². The number of carbonyl (C=O) groups excluding carboxylic acids is 6. The summed E-state index contributed by atoms with van der Waals surface area (Å²) in [6.07, 6.45) is 5.93. The number of aliphatic imine (C=N–C) groups is 2. The van der Waals surface area contributed by atoms with Crippen LogP contribution in [-0.4, -0.2) is 181 Å². The first-order valence-corrected chi connectivity index (χ1v) is 30.5. The highest BCUT2D eigenvalue weighted by Gasteiger charge is 2.42. The topological polar surface area (TPSA) is 291 Å². The summed E-state index contributed by atoms with van der Waals surface area (Å²) in [5.41, 5.74) is 5.47. The van der Waals surface area contributed by atoms with Crippen LogP contribution in [0.1, 0.15) is 105 Å². The minimum Gasteiger partial charge on any atom is -0.511 e. The Balaban J connectivity index is 0.675. The molecule has 0 radical (unpaired) electrons. The number of aliphatic hydroxyl groups excluding tert-OH is 1. The van der Waals surface area contributed by atoms with Crippen LogP contribution < -0.4 is 31.5 Å². The molecule has 0 saturated carbocycles. The molecule has 3 aliphatic heterocycles. The second-order valence-electron chi connectivity index (χ2n) is 21.9. The number of benzene rings is 3. The number of halogens is 1. The Bertz CT molecular complexity index is 3080. The van der Waals surface area contributed by atoms with Gasteiger partial charge in [0.2, 0.25) is 17.7 Å². The Morgan fingerprint density at radius 3 is 2.33 bits per heavy atom. The van der Waals surface area contributed by atoms with Crippen molar-refractivity contribution in [2.45, 2.75) is 102 Å². The van der Waals surface area contributed by atoms with E-state index < -0.39 is 5.91 Å². The summed E-state index contributed by atoms with van der Waals surface area (Å²) in [7, 11) is 1.73. The van der Waals surface area contributed by atoms with Crippen LogP contribution in [-0.2, 0) is 44.5 Å². The molecule has 3 aromatic carbocycles. The van der Waals surface area contributed by atoms with Gasteiger partial charge in [-0.3, -0.25) is 34.0 Å². The normalized spacial score (nSPS) is 18.3. The third-order valence-corrected chi connectivity index (χ3v) is 16.4. The Morgan fingerprint density at radius 1 is 0.824 bits per heavy atom. The van der Waals surface area contributed by atoms with Crippen molar-refractivity contribution in [3.05, 3.63) is 106 Å². The second kappa shape index (κ2) is 31.9. The fraction of sp³-hybridized carbons (Fsp3) is 0.517. The van der Waals surface area contributed by atoms with Crippen LogP contribution in [0.25, 0.3) is 5.69 Å². The van der Waals surface area contributed by atoms with E-state index in [1.165, 1.54) is 4.80 Å². The van der Waals surface area contributed by atoms with Gasteiger partial charge in [0, 0.05) is 91.6 Å². The number of nitrogens with one attached hydrogen (secondary N) is 5.